The van der Waals surface area contributed by atoms with Gasteiger partial charge in [-0.1, -0.05) is 43.6 Å². The number of benzene rings is 1. The van der Waals surface area contributed by atoms with E-state index in [-0.39, 0.29) is 12.6 Å². The van der Waals surface area contributed by atoms with E-state index in [9.17, 15) is 5.11 Å². The van der Waals surface area contributed by atoms with Gasteiger partial charge in [0.2, 0.25) is 0 Å². The third kappa shape index (κ3) is 4.28. The van der Waals surface area contributed by atoms with Crippen LogP contribution in [0, 0.1) is 5.92 Å². The average molecular weight is 258 g/mol. The Balaban J connectivity index is 2.55. The first kappa shape index (κ1) is 14.5. The van der Waals surface area contributed by atoms with Gasteiger partial charge in [0.05, 0.1) is 12.7 Å². The summed E-state index contributed by atoms with van der Waals surface area (Å²) in [5.74, 6) is 0.318. The van der Waals surface area contributed by atoms with E-state index in [1.807, 2.05) is 26.0 Å². The van der Waals surface area contributed by atoms with Crippen molar-refractivity contribution >= 4 is 11.6 Å². The predicted molar refractivity (Wildman–Crippen MR) is 70.1 cm³/mol. The average Bonchev–Trinajstić information content (AvgIpc) is 2.29. The predicted octanol–water partition coefficient (Wildman–Crippen LogP) is 1.98. The van der Waals surface area contributed by atoms with Crippen molar-refractivity contribution < 1.29 is 10.2 Å². The van der Waals surface area contributed by atoms with Crippen LogP contribution in [0.2, 0.25) is 5.02 Å². The summed E-state index contributed by atoms with van der Waals surface area (Å²) in [4.78, 5) is 0. The van der Waals surface area contributed by atoms with Crippen molar-refractivity contribution in [3.63, 3.8) is 0 Å². The van der Waals surface area contributed by atoms with Crippen LogP contribution in [0.3, 0.4) is 0 Å². The highest BCUT2D eigenvalue weighted by molar-refractivity contribution is 6.31. The normalized spacial score (nSPS) is 14.9. The Morgan fingerprint density at radius 3 is 2.47 bits per heavy atom. The van der Waals surface area contributed by atoms with Gasteiger partial charge in [0, 0.05) is 23.2 Å². The van der Waals surface area contributed by atoms with E-state index in [2.05, 4.69) is 5.32 Å². The van der Waals surface area contributed by atoms with Crippen LogP contribution in [0.4, 0.5) is 0 Å². The van der Waals surface area contributed by atoms with Crippen molar-refractivity contribution in [1.29, 1.82) is 0 Å². The van der Waals surface area contributed by atoms with Crippen LogP contribution in [0.1, 0.15) is 25.5 Å². The summed E-state index contributed by atoms with van der Waals surface area (Å²) in [6, 6.07) is 7.23. The highest BCUT2D eigenvalue weighted by Gasteiger charge is 2.15. The summed E-state index contributed by atoms with van der Waals surface area (Å²) in [5, 5.41) is 22.9. The Bertz CT molecular complexity index is 344. The molecule has 17 heavy (non-hydrogen) atoms. The first-order valence-electron chi connectivity index (χ1n) is 5.83. The Morgan fingerprint density at radius 2 is 1.94 bits per heavy atom. The van der Waals surface area contributed by atoms with E-state index in [0.717, 1.165) is 0 Å². The highest BCUT2D eigenvalue weighted by atomic mass is 35.5. The van der Waals surface area contributed by atoms with Crippen molar-refractivity contribution in [2.75, 3.05) is 13.2 Å². The highest BCUT2D eigenvalue weighted by Crippen LogP contribution is 2.22. The third-order valence-electron chi connectivity index (χ3n) is 2.84. The molecule has 0 radical (unpaired) electrons. The first-order valence-corrected chi connectivity index (χ1v) is 6.20. The van der Waals surface area contributed by atoms with E-state index in [4.69, 9.17) is 16.7 Å². The fourth-order valence-electron chi connectivity index (χ4n) is 1.63. The van der Waals surface area contributed by atoms with Crippen LogP contribution >= 0.6 is 11.6 Å². The monoisotopic (exact) mass is 257 g/mol. The van der Waals surface area contributed by atoms with Crippen LogP contribution in [0.25, 0.3) is 0 Å². The largest absolute Gasteiger partial charge is 0.395 e. The Kier molecular flexibility index (Phi) is 5.92. The number of hydrogen-bond acceptors (Lipinski definition) is 3. The van der Waals surface area contributed by atoms with Crippen LogP contribution < -0.4 is 5.32 Å². The Morgan fingerprint density at radius 1 is 1.29 bits per heavy atom. The number of aliphatic hydroxyl groups excluding tert-OH is 2. The lowest BCUT2D eigenvalue weighted by Gasteiger charge is -2.22. The summed E-state index contributed by atoms with van der Waals surface area (Å²) >= 11 is 5.99. The van der Waals surface area contributed by atoms with Crippen LogP contribution in [0.5, 0.6) is 0 Å². The van der Waals surface area contributed by atoms with Gasteiger partial charge in [0.15, 0.2) is 0 Å². The fraction of sp³-hybridized carbons (Fsp3) is 0.538. The maximum atomic E-state index is 10.00. The Hall–Kier alpha value is -0.610. The number of aliphatic hydroxyl groups is 2. The van der Waals surface area contributed by atoms with Gasteiger partial charge in [-0.05, 0) is 12.0 Å². The van der Waals surface area contributed by atoms with Crippen molar-refractivity contribution in [1.82, 2.24) is 5.32 Å². The number of nitrogens with one attached hydrogen (secondary N) is 1. The molecule has 0 saturated heterocycles. The molecule has 0 heterocycles. The lowest BCUT2D eigenvalue weighted by molar-refractivity contribution is 0.148. The van der Waals surface area contributed by atoms with E-state index in [0.29, 0.717) is 23.0 Å². The molecule has 1 rings (SSSR count). The van der Waals surface area contributed by atoms with Gasteiger partial charge in [-0.2, -0.15) is 0 Å². The van der Waals surface area contributed by atoms with Crippen molar-refractivity contribution in [2.45, 2.75) is 26.0 Å². The smallest absolute Gasteiger partial charge is 0.0928 e. The summed E-state index contributed by atoms with van der Waals surface area (Å²) in [6.07, 6.45) is -0.656. The second-order valence-electron chi connectivity index (χ2n) is 4.48. The maximum Gasteiger partial charge on any atom is 0.0928 e. The fourth-order valence-corrected chi connectivity index (χ4v) is 1.89. The van der Waals surface area contributed by atoms with E-state index in [1.54, 1.807) is 12.1 Å². The minimum Gasteiger partial charge on any atom is -0.395 e. The third-order valence-corrected chi connectivity index (χ3v) is 3.18. The maximum absolute atomic E-state index is 10.00. The van der Waals surface area contributed by atoms with Gasteiger partial charge in [-0.3, -0.25) is 0 Å². The van der Waals surface area contributed by atoms with E-state index in [1.165, 1.54) is 0 Å². The molecule has 0 saturated carbocycles. The van der Waals surface area contributed by atoms with Gasteiger partial charge < -0.3 is 15.5 Å². The molecule has 0 spiro atoms. The summed E-state index contributed by atoms with van der Waals surface area (Å²) in [7, 11) is 0. The molecular weight excluding hydrogens is 238 g/mol. The molecule has 3 N–H and O–H groups in total. The molecule has 0 amide bonds. The lowest BCUT2D eigenvalue weighted by atomic mass is 10.0. The first-order chi connectivity index (χ1) is 8.06. The molecule has 0 aliphatic carbocycles. The summed E-state index contributed by atoms with van der Waals surface area (Å²) in [6.45, 7) is 4.49. The summed E-state index contributed by atoms with van der Waals surface area (Å²) in [5.41, 5.74) is 0.710. The standard InChI is InChI=1S/C13H20ClNO2/c1-9(2)12(8-16)15-7-13(17)10-5-3-4-6-11(10)14/h3-6,9,12-13,15-17H,7-8H2,1-2H3. The molecule has 2 unspecified atom stereocenters. The van der Waals surface area contributed by atoms with Gasteiger partial charge in [0.1, 0.15) is 0 Å². The molecule has 4 heteroatoms. The molecule has 0 aromatic heterocycles. The zero-order chi connectivity index (χ0) is 12.8. The van der Waals surface area contributed by atoms with Gasteiger partial charge >= 0.3 is 0 Å². The molecule has 3 nitrogen and oxygen atoms in total. The minimum absolute atomic E-state index is 0.00728. The Labute approximate surface area is 107 Å². The van der Waals surface area contributed by atoms with Crippen LogP contribution in [-0.2, 0) is 0 Å². The van der Waals surface area contributed by atoms with Crippen LogP contribution in [0.15, 0.2) is 24.3 Å². The zero-order valence-electron chi connectivity index (χ0n) is 10.2. The van der Waals surface area contributed by atoms with Gasteiger partial charge in [0.25, 0.3) is 0 Å². The molecule has 2 atom stereocenters. The molecule has 0 bridgehead atoms. The SMILES string of the molecule is CC(C)C(CO)NCC(O)c1ccccc1Cl. The zero-order valence-corrected chi connectivity index (χ0v) is 11.0. The van der Waals surface area contributed by atoms with Gasteiger partial charge in [-0.15, -0.1) is 0 Å². The van der Waals surface area contributed by atoms with E-state index < -0.39 is 6.10 Å². The molecular formula is C13H20ClNO2. The second kappa shape index (κ2) is 6.97. The number of hydrogen-bond donors (Lipinski definition) is 3. The molecule has 0 fully saturated rings. The molecule has 0 aliphatic rings. The van der Waals surface area contributed by atoms with Gasteiger partial charge in [-0.25, -0.2) is 0 Å². The quantitative estimate of drug-likeness (QED) is 0.731. The van der Waals surface area contributed by atoms with Crippen molar-refractivity contribution in [2.24, 2.45) is 5.92 Å². The lowest BCUT2D eigenvalue weighted by Crippen LogP contribution is -2.39. The molecule has 0 aliphatic heterocycles. The molecule has 1 aromatic carbocycles. The van der Waals surface area contributed by atoms with Crippen molar-refractivity contribution in [3.8, 4) is 0 Å². The van der Waals surface area contributed by atoms with Crippen LogP contribution in [-0.4, -0.2) is 29.4 Å². The molecule has 96 valence electrons. The minimum atomic E-state index is -0.656. The topological polar surface area (TPSA) is 52.5 Å². The summed E-state index contributed by atoms with van der Waals surface area (Å²) < 4.78 is 0. The number of halogens is 1. The van der Waals surface area contributed by atoms with E-state index >= 15 is 0 Å². The number of rotatable bonds is 6. The second-order valence-corrected chi connectivity index (χ2v) is 4.89. The van der Waals surface area contributed by atoms with Crippen molar-refractivity contribution in [3.05, 3.63) is 34.9 Å². The molecule has 1 aromatic rings.